The van der Waals surface area contributed by atoms with Crippen LogP contribution in [0, 0.1) is 48.5 Å². The minimum Gasteiger partial charge on any atom is -0.0622 e. The van der Waals surface area contributed by atoms with Crippen molar-refractivity contribution in [3.8, 4) is 22.3 Å². The zero-order chi connectivity index (χ0) is 27.0. The van der Waals surface area contributed by atoms with Crippen LogP contribution in [0.2, 0.25) is 0 Å². The number of benzene rings is 5. The maximum atomic E-state index is 2.36. The van der Waals surface area contributed by atoms with E-state index < -0.39 is 7.92 Å². The quantitative estimate of drug-likeness (QED) is 0.206. The Morgan fingerprint density at radius 2 is 0.868 bits per heavy atom. The summed E-state index contributed by atoms with van der Waals surface area (Å²) in [6.07, 6.45) is 0. The van der Waals surface area contributed by atoms with Gasteiger partial charge in [0, 0.05) is 5.30 Å². The molecule has 0 aliphatic rings. The third-order valence-corrected chi connectivity index (χ3v) is 10.3. The highest BCUT2D eigenvalue weighted by molar-refractivity contribution is 7.80. The molecule has 1 atom stereocenters. The lowest BCUT2D eigenvalue weighted by molar-refractivity contribution is 1.32. The molecule has 0 saturated heterocycles. The number of hydrogen-bond acceptors (Lipinski definition) is 0. The molecule has 0 aliphatic carbocycles. The second-order valence-corrected chi connectivity index (χ2v) is 12.8. The molecule has 0 bridgehead atoms. The predicted molar refractivity (Wildman–Crippen MR) is 169 cm³/mol. The summed E-state index contributed by atoms with van der Waals surface area (Å²) in [4.78, 5) is 0. The van der Waals surface area contributed by atoms with E-state index in [1.54, 1.807) is 0 Å². The summed E-state index contributed by atoms with van der Waals surface area (Å²) in [7, 11) is -0.821. The van der Waals surface area contributed by atoms with Gasteiger partial charge in [-0.3, -0.25) is 0 Å². The minimum atomic E-state index is -0.821. The van der Waals surface area contributed by atoms with Gasteiger partial charge in [-0.25, -0.2) is 0 Å². The highest BCUT2D eigenvalue weighted by Crippen LogP contribution is 2.44. The molecule has 190 valence electrons. The lowest BCUT2D eigenvalue weighted by Gasteiger charge is -2.29. The van der Waals surface area contributed by atoms with Crippen molar-refractivity contribution in [3.63, 3.8) is 0 Å². The molecule has 5 rings (SSSR count). The molecule has 0 fully saturated rings. The summed E-state index contributed by atoms with van der Waals surface area (Å²) in [5.41, 5.74) is 14.8. The van der Waals surface area contributed by atoms with E-state index in [0.717, 1.165) is 0 Å². The summed E-state index contributed by atoms with van der Waals surface area (Å²) in [6, 6.07) is 36.4. The average molecular weight is 513 g/mol. The van der Waals surface area contributed by atoms with Crippen LogP contribution in [0.25, 0.3) is 22.3 Å². The normalized spacial score (nSPS) is 12.0. The molecule has 1 unspecified atom stereocenters. The third kappa shape index (κ3) is 4.87. The predicted octanol–water partition coefficient (Wildman–Crippen LogP) is 8.94. The summed E-state index contributed by atoms with van der Waals surface area (Å²) in [5.74, 6) is 0. The van der Waals surface area contributed by atoms with Crippen LogP contribution in [0.5, 0.6) is 0 Å². The van der Waals surface area contributed by atoms with Crippen LogP contribution in [0.15, 0.2) is 97.1 Å². The Balaban J connectivity index is 1.96. The SMILES string of the molecule is Cc1cc(C)c(-c2cccc(-c3c(C)cc(C)cc3C)c2P(c2ccccc2)c2ccccc2C)c(C)c1. The molecule has 0 aromatic heterocycles. The van der Waals surface area contributed by atoms with E-state index in [9.17, 15) is 0 Å². The van der Waals surface area contributed by atoms with Crippen LogP contribution in [0.3, 0.4) is 0 Å². The van der Waals surface area contributed by atoms with Crippen molar-refractivity contribution in [3.05, 3.63) is 136 Å². The first-order chi connectivity index (χ1) is 18.3. The van der Waals surface area contributed by atoms with Gasteiger partial charge in [-0.1, -0.05) is 108 Å². The Morgan fingerprint density at radius 3 is 1.34 bits per heavy atom. The molecule has 5 aromatic carbocycles. The maximum absolute atomic E-state index is 2.36. The van der Waals surface area contributed by atoms with E-state index in [1.165, 1.54) is 77.1 Å². The van der Waals surface area contributed by atoms with Crippen molar-refractivity contribution >= 4 is 23.8 Å². The first-order valence-electron chi connectivity index (χ1n) is 13.5. The Labute approximate surface area is 230 Å². The molecule has 0 saturated carbocycles. The van der Waals surface area contributed by atoms with E-state index in [-0.39, 0.29) is 0 Å². The molecule has 38 heavy (non-hydrogen) atoms. The zero-order valence-electron chi connectivity index (χ0n) is 23.7. The minimum absolute atomic E-state index is 0.821. The van der Waals surface area contributed by atoms with Gasteiger partial charge in [-0.15, -0.1) is 0 Å². The Bertz CT molecular complexity index is 1500. The smallest absolute Gasteiger partial charge is 0.000643 e. The second-order valence-electron chi connectivity index (χ2n) is 10.7. The summed E-state index contributed by atoms with van der Waals surface area (Å²) >= 11 is 0. The van der Waals surface area contributed by atoms with Gasteiger partial charge in [0.05, 0.1) is 0 Å². The van der Waals surface area contributed by atoms with Gasteiger partial charge in [0.1, 0.15) is 0 Å². The molecule has 0 aliphatic heterocycles. The fourth-order valence-corrected chi connectivity index (χ4v) is 8.94. The van der Waals surface area contributed by atoms with Crippen LogP contribution >= 0.6 is 7.92 Å². The summed E-state index contributed by atoms with van der Waals surface area (Å²) in [6.45, 7) is 15.7. The fourth-order valence-electron chi connectivity index (χ4n) is 6.18. The highest BCUT2D eigenvalue weighted by Gasteiger charge is 2.27. The van der Waals surface area contributed by atoms with Crippen LogP contribution in [0.1, 0.15) is 38.9 Å². The van der Waals surface area contributed by atoms with Gasteiger partial charge in [0.2, 0.25) is 0 Å². The molecule has 0 nitrogen and oxygen atoms in total. The monoisotopic (exact) mass is 512 g/mol. The molecule has 0 amide bonds. The second kappa shape index (κ2) is 10.7. The summed E-state index contributed by atoms with van der Waals surface area (Å²) < 4.78 is 0. The number of aryl methyl sites for hydroxylation is 7. The largest absolute Gasteiger partial charge is 0.0622 e. The van der Waals surface area contributed by atoms with Crippen LogP contribution < -0.4 is 15.9 Å². The van der Waals surface area contributed by atoms with Crippen molar-refractivity contribution in [2.75, 3.05) is 0 Å². The van der Waals surface area contributed by atoms with Gasteiger partial charge >= 0.3 is 0 Å². The van der Waals surface area contributed by atoms with E-state index in [1.807, 2.05) is 0 Å². The van der Waals surface area contributed by atoms with E-state index in [4.69, 9.17) is 0 Å². The Hall–Kier alpha value is -3.47. The molecule has 5 aromatic rings. The van der Waals surface area contributed by atoms with E-state index >= 15 is 0 Å². The number of hydrogen-bond donors (Lipinski definition) is 0. The van der Waals surface area contributed by atoms with Crippen molar-refractivity contribution < 1.29 is 0 Å². The highest BCUT2D eigenvalue weighted by atomic mass is 31.1. The zero-order valence-corrected chi connectivity index (χ0v) is 24.6. The fraction of sp³-hybridized carbons (Fsp3) is 0.189. The van der Waals surface area contributed by atoms with Crippen molar-refractivity contribution in [2.24, 2.45) is 0 Å². The van der Waals surface area contributed by atoms with E-state index in [0.29, 0.717) is 0 Å². The van der Waals surface area contributed by atoms with E-state index in [2.05, 4.69) is 146 Å². The maximum Gasteiger partial charge on any atom is 0.000643 e. The molecule has 0 radical (unpaired) electrons. The van der Waals surface area contributed by atoms with Gasteiger partial charge < -0.3 is 0 Å². The lowest BCUT2D eigenvalue weighted by atomic mass is 9.89. The first-order valence-corrected chi connectivity index (χ1v) is 14.8. The lowest BCUT2D eigenvalue weighted by Crippen LogP contribution is -2.26. The van der Waals surface area contributed by atoms with Crippen molar-refractivity contribution in [1.29, 1.82) is 0 Å². The molecule has 1 heteroatoms. The van der Waals surface area contributed by atoms with Crippen molar-refractivity contribution in [2.45, 2.75) is 48.5 Å². The van der Waals surface area contributed by atoms with Gasteiger partial charge in [0.15, 0.2) is 0 Å². The molecule has 0 heterocycles. The molecule has 0 N–H and O–H groups in total. The first kappa shape index (κ1) is 26.1. The van der Waals surface area contributed by atoms with Crippen LogP contribution in [-0.2, 0) is 0 Å². The Kier molecular flexibility index (Phi) is 7.38. The molecule has 0 spiro atoms. The van der Waals surface area contributed by atoms with Crippen LogP contribution in [0.4, 0.5) is 0 Å². The third-order valence-electron chi connectivity index (χ3n) is 7.52. The Morgan fingerprint density at radius 1 is 0.421 bits per heavy atom. The van der Waals surface area contributed by atoms with Crippen LogP contribution in [-0.4, -0.2) is 0 Å². The molecular weight excluding hydrogens is 475 g/mol. The van der Waals surface area contributed by atoms with Gasteiger partial charge in [0.25, 0.3) is 0 Å². The van der Waals surface area contributed by atoms with Crippen molar-refractivity contribution in [1.82, 2.24) is 0 Å². The van der Waals surface area contributed by atoms with Gasteiger partial charge in [-0.2, -0.15) is 0 Å². The average Bonchev–Trinajstić information content (AvgIpc) is 2.86. The standard InChI is InChI=1S/C37H37P/c1-24-20-27(4)35(28(5)21-24)32-17-13-18-33(36-29(6)22-25(2)23-30(36)7)37(32)38(31-15-9-8-10-16-31)34-19-12-11-14-26(34)3/h8-23H,1-7H3. The van der Waals surface area contributed by atoms with Gasteiger partial charge in [-0.05, 0) is 117 Å². The topological polar surface area (TPSA) is 0 Å². The molecular formula is C37H37P. The summed E-state index contributed by atoms with van der Waals surface area (Å²) in [5, 5.41) is 4.26. The number of rotatable bonds is 5.